The molecule has 2 saturated heterocycles. The molecule has 3 fully saturated rings. The van der Waals surface area contributed by atoms with Gasteiger partial charge < -0.3 is 15.3 Å². The summed E-state index contributed by atoms with van der Waals surface area (Å²) < 4.78 is 41.4. The smallest absolute Gasteiger partial charge is 0.385 e. The number of carbonyl (C=O) groups excluding carboxylic acids is 5. The highest BCUT2D eigenvalue weighted by Crippen LogP contribution is 2.49. The molecule has 1 aromatic heterocycles. The molecular formula is C35H31F3N6O6. The summed E-state index contributed by atoms with van der Waals surface area (Å²) in [5.41, 5.74) is -1.81. The van der Waals surface area contributed by atoms with E-state index in [1.54, 1.807) is 38.2 Å². The molecule has 15 heteroatoms. The minimum Gasteiger partial charge on any atom is -0.385 e. The Labute approximate surface area is 283 Å². The summed E-state index contributed by atoms with van der Waals surface area (Å²) in [4.78, 5) is 66.3. The largest absolute Gasteiger partial charge is 0.416 e. The van der Waals surface area contributed by atoms with Gasteiger partial charge in [0.1, 0.15) is 11.6 Å². The van der Waals surface area contributed by atoms with Crippen LogP contribution in [0, 0.1) is 17.8 Å². The maximum absolute atomic E-state index is 13.4. The van der Waals surface area contributed by atoms with Crippen molar-refractivity contribution >= 4 is 40.9 Å². The third-order valence-corrected chi connectivity index (χ3v) is 9.62. The third-order valence-electron chi connectivity index (χ3n) is 9.62. The second-order valence-corrected chi connectivity index (χ2v) is 13.5. The highest BCUT2D eigenvalue weighted by molar-refractivity contribution is 6.23. The number of hydrogen-bond acceptors (Lipinski definition) is 8. The van der Waals surface area contributed by atoms with Crippen molar-refractivity contribution in [2.75, 3.05) is 23.3 Å². The van der Waals surface area contributed by atoms with Crippen molar-refractivity contribution in [2.24, 2.45) is 5.92 Å². The molecule has 0 radical (unpaired) electrons. The van der Waals surface area contributed by atoms with Crippen LogP contribution in [0.15, 0.2) is 48.8 Å². The number of nitrogens with one attached hydrogen (secondary N) is 2. The van der Waals surface area contributed by atoms with Crippen LogP contribution in [-0.2, 0) is 31.7 Å². The second-order valence-electron chi connectivity index (χ2n) is 13.5. The van der Waals surface area contributed by atoms with E-state index in [2.05, 4.69) is 27.6 Å². The molecule has 3 aliphatic heterocycles. The Morgan fingerprint density at radius 2 is 1.76 bits per heavy atom. The molecule has 2 aromatic carbocycles. The zero-order valence-corrected chi connectivity index (χ0v) is 26.9. The Hall–Kier alpha value is -5.49. The van der Waals surface area contributed by atoms with Crippen molar-refractivity contribution in [3.8, 4) is 11.8 Å². The number of hydrogen-bond donors (Lipinski definition) is 3. The van der Waals surface area contributed by atoms with Crippen molar-refractivity contribution in [3.63, 3.8) is 0 Å². The van der Waals surface area contributed by atoms with Gasteiger partial charge in [0.05, 0.1) is 40.0 Å². The molecule has 0 spiro atoms. The van der Waals surface area contributed by atoms with Crippen LogP contribution >= 0.6 is 0 Å². The van der Waals surface area contributed by atoms with E-state index in [4.69, 9.17) is 0 Å². The van der Waals surface area contributed by atoms with Crippen LogP contribution in [-0.4, -0.2) is 68.5 Å². The van der Waals surface area contributed by atoms with Gasteiger partial charge in [-0.15, -0.1) is 0 Å². The summed E-state index contributed by atoms with van der Waals surface area (Å²) >= 11 is 0. The lowest BCUT2D eigenvalue weighted by Gasteiger charge is -2.38. The maximum Gasteiger partial charge on any atom is 0.416 e. The maximum atomic E-state index is 13.4. The number of halogens is 3. The number of nitrogens with zero attached hydrogens (tertiary/aromatic N) is 4. The van der Waals surface area contributed by atoms with Crippen molar-refractivity contribution in [1.29, 1.82) is 0 Å². The second kappa shape index (κ2) is 11.5. The number of aromatic nitrogens is 2. The molecule has 4 heterocycles. The monoisotopic (exact) mass is 688 g/mol. The van der Waals surface area contributed by atoms with Crippen LogP contribution in [0.4, 0.5) is 24.5 Å². The molecule has 0 bridgehead atoms. The predicted octanol–water partition coefficient (Wildman–Crippen LogP) is 3.15. The topological polar surface area (TPSA) is 154 Å². The molecule has 3 N–H and O–H groups in total. The van der Waals surface area contributed by atoms with Crippen LogP contribution in [0.5, 0.6) is 0 Å². The number of anilines is 2. The zero-order valence-electron chi connectivity index (χ0n) is 26.9. The number of piperidine rings is 1. The molecule has 3 aromatic rings. The predicted molar refractivity (Wildman–Crippen MR) is 170 cm³/mol. The van der Waals surface area contributed by atoms with Crippen molar-refractivity contribution in [1.82, 2.24) is 20.0 Å². The van der Waals surface area contributed by atoms with Gasteiger partial charge in [0.2, 0.25) is 11.8 Å². The van der Waals surface area contributed by atoms with Gasteiger partial charge in [0.25, 0.3) is 17.7 Å². The molecule has 1 atom stereocenters. The van der Waals surface area contributed by atoms with Crippen molar-refractivity contribution < 1.29 is 42.3 Å². The van der Waals surface area contributed by atoms with Gasteiger partial charge in [-0.3, -0.25) is 38.9 Å². The van der Waals surface area contributed by atoms with E-state index in [1.165, 1.54) is 10.9 Å². The zero-order chi connectivity index (χ0) is 35.7. The van der Waals surface area contributed by atoms with E-state index in [9.17, 15) is 42.3 Å². The minimum atomic E-state index is -4.60. The molecule has 12 nitrogen and oxygen atoms in total. The van der Waals surface area contributed by atoms with Crippen LogP contribution in [0.25, 0.3) is 0 Å². The van der Waals surface area contributed by atoms with E-state index < -0.39 is 58.5 Å². The molecule has 1 unspecified atom stereocenters. The lowest BCUT2D eigenvalue weighted by molar-refractivity contribution is -0.138. The van der Waals surface area contributed by atoms with Gasteiger partial charge in [-0.05, 0) is 69.5 Å². The summed E-state index contributed by atoms with van der Waals surface area (Å²) in [6, 6.07) is 6.78. The standard InChI is InChI=1S/C35H31F3N6O6/c1-33(2,32(49)40-26-8-5-21(35(36,37)38)13-25(26)34(50)11-12-34)43-18-19(15-39-43)3-4-20-16-42(17-20)22-6-7-23-24(14-22)31(48)44(30(23)47)27-9-10-28(45)41-29(27)46/h5-8,13-15,18,20,27,50H,9-12,16-17H2,1-2H3,(H,40,49)(H,41,45,46). The fourth-order valence-electron chi connectivity index (χ4n) is 6.30. The fourth-order valence-corrected chi connectivity index (χ4v) is 6.30. The van der Waals surface area contributed by atoms with E-state index >= 15 is 0 Å². The number of rotatable bonds is 6. The third kappa shape index (κ3) is 5.79. The molecular weight excluding hydrogens is 657 g/mol. The number of imide groups is 2. The fraction of sp³-hybridized carbons (Fsp3) is 0.371. The molecule has 4 aliphatic rings. The average Bonchev–Trinajstić information content (AvgIpc) is 3.50. The minimum absolute atomic E-state index is 0.0206. The summed E-state index contributed by atoms with van der Waals surface area (Å²) in [5.74, 6) is 3.42. The summed E-state index contributed by atoms with van der Waals surface area (Å²) in [7, 11) is 0. The van der Waals surface area contributed by atoms with Gasteiger partial charge in [0.15, 0.2) is 0 Å². The van der Waals surface area contributed by atoms with Crippen LogP contribution in [0.2, 0.25) is 0 Å². The highest BCUT2D eigenvalue weighted by Gasteiger charge is 2.47. The lowest BCUT2D eigenvalue weighted by Crippen LogP contribution is -2.54. The average molecular weight is 689 g/mol. The normalized spacial score (nSPS) is 20.2. The van der Waals surface area contributed by atoms with E-state index in [-0.39, 0.29) is 41.1 Å². The van der Waals surface area contributed by atoms with Crippen LogP contribution in [0.3, 0.4) is 0 Å². The number of carbonyl (C=O) groups is 5. The SMILES string of the molecule is CC(C)(C(=O)Nc1ccc(C(F)(F)F)cc1C1(O)CC1)n1cc(C#CC2CN(c3ccc4c(c3)C(=O)N(C3CCC(=O)NC3=O)C4=O)C2)cn1. The van der Waals surface area contributed by atoms with Crippen molar-refractivity contribution in [2.45, 2.75) is 62.9 Å². The number of alkyl halides is 3. The lowest BCUT2D eigenvalue weighted by atomic mass is 9.98. The Bertz CT molecular complexity index is 2050. The van der Waals surface area contributed by atoms with Gasteiger partial charge in [-0.25, -0.2) is 0 Å². The Morgan fingerprint density at radius 1 is 1.04 bits per heavy atom. The van der Waals surface area contributed by atoms with E-state index in [1.807, 2.05) is 4.90 Å². The van der Waals surface area contributed by atoms with E-state index in [0.29, 0.717) is 31.5 Å². The quantitative estimate of drug-likeness (QED) is 0.264. The number of fused-ring (bicyclic) bond motifs is 1. The van der Waals surface area contributed by atoms with Gasteiger partial charge in [0, 0.05) is 42.6 Å². The Balaban J connectivity index is 0.983. The van der Waals surface area contributed by atoms with Crippen molar-refractivity contribution in [3.05, 3.63) is 76.6 Å². The summed E-state index contributed by atoms with van der Waals surface area (Å²) in [6.45, 7) is 4.30. The first-order chi connectivity index (χ1) is 23.5. The van der Waals surface area contributed by atoms with Gasteiger partial charge in [-0.2, -0.15) is 18.3 Å². The molecule has 1 aliphatic carbocycles. The van der Waals surface area contributed by atoms with Gasteiger partial charge >= 0.3 is 6.18 Å². The molecule has 5 amide bonds. The highest BCUT2D eigenvalue weighted by atomic mass is 19.4. The first-order valence-corrected chi connectivity index (χ1v) is 16.0. The number of amides is 5. The Morgan fingerprint density at radius 3 is 2.44 bits per heavy atom. The van der Waals surface area contributed by atoms with Crippen LogP contribution in [0.1, 0.15) is 76.9 Å². The first-order valence-electron chi connectivity index (χ1n) is 16.0. The molecule has 258 valence electrons. The molecule has 1 saturated carbocycles. The Kier molecular flexibility index (Phi) is 7.63. The summed E-state index contributed by atoms with van der Waals surface area (Å²) in [6.07, 6.45) is -0.793. The number of benzene rings is 2. The van der Waals surface area contributed by atoms with E-state index in [0.717, 1.165) is 28.8 Å². The molecule has 7 rings (SSSR count). The molecule has 50 heavy (non-hydrogen) atoms. The summed E-state index contributed by atoms with van der Waals surface area (Å²) in [5, 5.41) is 19.8. The first kappa shape index (κ1) is 33.0. The van der Waals surface area contributed by atoms with Crippen LogP contribution < -0.4 is 15.5 Å². The van der Waals surface area contributed by atoms with Gasteiger partial charge in [-0.1, -0.05) is 11.8 Å². The number of aliphatic hydroxyl groups is 1.